The van der Waals surface area contributed by atoms with Crippen LogP contribution in [0, 0.1) is 5.92 Å². The molecule has 1 saturated heterocycles. The number of nitrogens with zero attached hydrogens (tertiary/aromatic N) is 1. The summed E-state index contributed by atoms with van der Waals surface area (Å²) in [4.78, 5) is 4.59. The van der Waals surface area contributed by atoms with Crippen LogP contribution in [0.2, 0.25) is 0 Å². The summed E-state index contributed by atoms with van der Waals surface area (Å²) in [6, 6.07) is 8.79. The summed E-state index contributed by atoms with van der Waals surface area (Å²) in [6.45, 7) is 4.79. The first-order valence-electron chi connectivity index (χ1n) is 6.31. The fourth-order valence-electron chi connectivity index (χ4n) is 2.31. The number of aromatic amines is 1. The average molecular weight is 246 g/mol. The van der Waals surface area contributed by atoms with Crippen molar-refractivity contribution in [3.63, 3.8) is 0 Å². The van der Waals surface area contributed by atoms with Gasteiger partial charge in [0.2, 0.25) is 0 Å². The maximum atomic E-state index is 3.23. The van der Waals surface area contributed by atoms with E-state index in [4.69, 9.17) is 0 Å². The summed E-state index contributed by atoms with van der Waals surface area (Å²) in [5.74, 6) is 0.902. The molecule has 0 aliphatic carbocycles. The highest BCUT2D eigenvalue weighted by Crippen LogP contribution is 2.29. The molecule has 3 heteroatoms. The number of hydrogen-bond donors (Lipinski definition) is 1. The lowest BCUT2D eigenvalue weighted by atomic mass is 10.0. The molecular weight excluding hydrogens is 228 g/mol. The van der Waals surface area contributed by atoms with Crippen molar-refractivity contribution in [2.45, 2.75) is 24.7 Å². The molecule has 1 aliphatic heterocycles. The molecule has 3 rings (SSSR count). The van der Waals surface area contributed by atoms with Gasteiger partial charge in [-0.25, -0.2) is 4.31 Å². The van der Waals surface area contributed by atoms with Crippen LogP contribution in [0.15, 0.2) is 35.4 Å². The minimum Gasteiger partial charge on any atom is -0.361 e. The molecule has 0 unspecified atom stereocenters. The standard InChI is InChI=1S/C14H18N2S/c1-11-5-8-16(9-6-11)17-13-2-3-14-12(10-13)4-7-15-14/h2-4,7,10-11,15H,5-6,8-9H2,1H3. The van der Waals surface area contributed by atoms with Crippen LogP contribution in [0.5, 0.6) is 0 Å². The molecule has 0 radical (unpaired) electrons. The molecule has 1 aliphatic rings. The maximum absolute atomic E-state index is 3.23. The monoisotopic (exact) mass is 246 g/mol. The lowest BCUT2D eigenvalue weighted by Gasteiger charge is -2.28. The quantitative estimate of drug-likeness (QED) is 0.810. The summed E-state index contributed by atoms with van der Waals surface area (Å²) >= 11 is 1.90. The Kier molecular flexibility index (Phi) is 3.12. The van der Waals surface area contributed by atoms with Gasteiger partial charge in [-0.15, -0.1) is 0 Å². The van der Waals surface area contributed by atoms with E-state index in [9.17, 15) is 0 Å². The van der Waals surface area contributed by atoms with E-state index in [1.54, 1.807) is 0 Å². The molecule has 2 heterocycles. The van der Waals surface area contributed by atoms with Crippen LogP contribution in [-0.4, -0.2) is 22.4 Å². The van der Waals surface area contributed by atoms with Gasteiger partial charge < -0.3 is 4.98 Å². The lowest BCUT2D eigenvalue weighted by Crippen LogP contribution is -2.27. The molecule has 2 nitrogen and oxygen atoms in total. The average Bonchev–Trinajstić information content (AvgIpc) is 2.79. The summed E-state index contributed by atoms with van der Waals surface area (Å²) < 4.78 is 2.49. The van der Waals surface area contributed by atoms with Gasteiger partial charge >= 0.3 is 0 Å². The van der Waals surface area contributed by atoms with Crippen LogP contribution in [0.1, 0.15) is 19.8 Å². The van der Waals surface area contributed by atoms with Gasteiger partial charge in [0.1, 0.15) is 0 Å². The van der Waals surface area contributed by atoms with Crippen LogP contribution in [0.4, 0.5) is 0 Å². The van der Waals surface area contributed by atoms with Crippen molar-refractivity contribution in [3.8, 4) is 0 Å². The Balaban J connectivity index is 1.71. The van der Waals surface area contributed by atoms with E-state index in [1.165, 1.54) is 41.7 Å². The minimum absolute atomic E-state index is 0.902. The van der Waals surface area contributed by atoms with Gasteiger partial charge in [0.15, 0.2) is 0 Å². The molecule has 1 aromatic heterocycles. The Hall–Kier alpha value is -0.930. The summed E-state index contributed by atoms with van der Waals surface area (Å²) in [5.41, 5.74) is 1.22. The van der Waals surface area contributed by atoms with E-state index in [-0.39, 0.29) is 0 Å². The van der Waals surface area contributed by atoms with Crippen LogP contribution in [0.3, 0.4) is 0 Å². The van der Waals surface area contributed by atoms with Gasteiger partial charge in [-0.3, -0.25) is 0 Å². The lowest BCUT2D eigenvalue weighted by molar-refractivity contribution is 0.308. The molecule has 1 fully saturated rings. The molecule has 2 aromatic rings. The van der Waals surface area contributed by atoms with E-state index in [1.807, 2.05) is 18.1 Å². The Morgan fingerprint density at radius 2 is 2.06 bits per heavy atom. The zero-order valence-corrected chi connectivity index (χ0v) is 11.0. The third-order valence-electron chi connectivity index (χ3n) is 3.50. The van der Waals surface area contributed by atoms with E-state index in [0.717, 1.165) is 5.92 Å². The van der Waals surface area contributed by atoms with Gasteiger partial charge in [-0.05, 0) is 55.0 Å². The van der Waals surface area contributed by atoms with Crippen molar-refractivity contribution in [2.24, 2.45) is 5.92 Å². The Morgan fingerprint density at radius 3 is 2.88 bits per heavy atom. The predicted molar refractivity (Wildman–Crippen MR) is 74.1 cm³/mol. The Labute approximate surface area is 107 Å². The van der Waals surface area contributed by atoms with Gasteiger partial charge in [0.05, 0.1) is 0 Å². The zero-order valence-electron chi connectivity index (χ0n) is 10.1. The number of benzene rings is 1. The number of aromatic nitrogens is 1. The van der Waals surface area contributed by atoms with Crippen molar-refractivity contribution >= 4 is 22.9 Å². The fourth-order valence-corrected chi connectivity index (χ4v) is 3.31. The van der Waals surface area contributed by atoms with Crippen LogP contribution >= 0.6 is 11.9 Å². The SMILES string of the molecule is CC1CCN(Sc2ccc3[nH]ccc3c2)CC1. The van der Waals surface area contributed by atoms with Crippen molar-refractivity contribution in [1.82, 2.24) is 9.29 Å². The second-order valence-electron chi connectivity index (χ2n) is 4.93. The van der Waals surface area contributed by atoms with E-state index in [0.29, 0.717) is 0 Å². The number of H-pyrrole nitrogens is 1. The van der Waals surface area contributed by atoms with Gasteiger partial charge in [0.25, 0.3) is 0 Å². The van der Waals surface area contributed by atoms with Crippen molar-refractivity contribution in [1.29, 1.82) is 0 Å². The molecular formula is C14H18N2S. The number of hydrogen-bond acceptors (Lipinski definition) is 2. The van der Waals surface area contributed by atoms with Gasteiger partial charge in [0, 0.05) is 35.1 Å². The summed E-state index contributed by atoms with van der Waals surface area (Å²) in [6.07, 6.45) is 4.67. The highest BCUT2D eigenvalue weighted by Gasteiger charge is 2.16. The normalized spacial score (nSPS) is 18.9. The van der Waals surface area contributed by atoms with Crippen molar-refractivity contribution in [2.75, 3.05) is 13.1 Å². The topological polar surface area (TPSA) is 19.0 Å². The smallest absolute Gasteiger partial charge is 0.0454 e. The minimum atomic E-state index is 0.902. The van der Waals surface area contributed by atoms with Crippen molar-refractivity contribution < 1.29 is 0 Å². The fraction of sp³-hybridized carbons (Fsp3) is 0.429. The first kappa shape index (κ1) is 11.2. The first-order chi connectivity index (χ1) is 8.31. The molecule has 0 saturated carbocycles. The van der Waals surface area contributed by atoms with Crippen LogP contribution in [0.25, 0.3) is 10.9 Å². The van der Waals surface area contributed by atoms with Crippen molar-refractivity contribution in [3.05, 3.63) is 30.5 Å². The Bertz CT molecular complexity index is 498. The highest BCUT2D eigenvalue weighted by molar-refractivity contribution is 7.97. The second kappa shape index (κ2) is 4.75. The first-order valence-corrected chi connectivity index (χ1v) is 7.09. The molecule has 1 N–H and O–H groups in total. The zero-order chi connectivity index (χ0) is 11.7. The van der Waals surface area contributed by atoms with Crippen LogP contribution < -0.4 is 0 Å². The molecule has 0 amide bonds. The highest BCUT2D eigenvalue weighted by atomic mass is 32.2. The van der Waals surface area contributed by atoms with E-state index >= 15 is 0 Å². The number of fused-ring (bicyclic) bond motifs is 1. The third-order valence-corrected chi connectivity index (χ3v) is 4.59. The third kappa shape index (κ3) is 2.50. The molecule has 0 spiro atoms. The number of nitrogens with one attached hydrogen (secondary N) is 1. The predicted octanol–water partition coefficient (Wildman–Crippen LogP) is 3.91. The van der Waals surface area contributed by atoms with Gasteiger partial charge in [-0.1, -0.05) is 6.92 Å². The number of piperidine rings is 1. The molecule has 17 heavy (non-hydrogen) atoms. The molecule has 0 bridgehead atoms. The van der Waals surface area contributed by atoms with E-state index < -0.39 is 0 Å². The molecule has 0 atom stereocenters. The Morgan fingerprint density at radius 1 is 1.24 bits per heavy atom. The molecule has 1 aromatic carbocycles. The van der Waals surface area contributed by atoms with Crippen LogP contribution in [-0.2, 0) is 0 Å². The van der Waals surface area contributed by atoms with E-state index in [2.05, 4.69) is 40.5 Å². The summed E-state index contributed by atoms with van der Waals surface area (Å²) in [5, 5.41) is 1.31. The number of rotatable bonds is 2. The maximum Gasteiger partial charge on any atom is 0.0454 e. The van der Waals surface area contributed by atoms with Gasteiger partial charge in [-0.2, -0.15) is 0 Å². The largest absolute Gasteiger partial charge is 0.361 e. The molecule has 90 valence electrons. The second-order valence-corrected chi connectivity index (χ2v) is 6.10. The summed E-state index contributed by atoms with van der Waals surface area (Å²) in [7, 11) is 0.